The van der Waals surface area contributed by atoms with Gasteiger partial charge in [-0.1, -0.05) is 48.5 Å². The molecule has 266 valence electrons. The summed E-state index contributed by atoms with van der Waals surface area (Å²) in [5, 5.41) is 33.5. The second-order valence-corrected chi connectivity index (χ2v) is 11.0. The fraction of sp³-hybridized carbons (Fsp3) is 0.0244. The molecule has 0 radical (unpaired) electrons. The van der Waals surface area contributed by atoms with Crippen molar-refractivity contribution in [3.05, 3.63) is 168 Å². The van der Waals surface area contributed by atoms with Crippen LogP contribution in [-0.2, 0) is 0 Å². The lowest BCUT2D eigenvalue weighted by Crippen LogP contribution is -2.14. The highest BCUT2D eigenvalue weighted by atomic mass is 16.5. The van der Waals surface area contributed by atoms with E-state index in [0.29, 0.717) is 39.9 Å². The molecule has 0 spiro atoms. The van der Waals surface area contributed by atoms with Crippen molar-refractivity contribution >= 4 is 35.1 Å². The van der Waals surface area contributed by atoms with Crippen LogP contribution in [0.25, 0.3) is 0 Å². The number of aromatic hydroxyl groups is 1. The summed E-state index contributed by atoms with van der Waals surface area (Å²) in [4.78, 5) is 47.6. The van der Waals surface area contributed by atoms with Crippen molar-refractivity contribution in [1.29, 1.82) is 0 Å². The van der Waals surface area contributed by atoms with E-state index in [-0.39, 0.29) is 28.3 Å². The number of aromatic carboxylic acids is 2. The first-order valence-corrected chi connectivity index (χ1v) is 15.9. The van der Waals surface area contributed by atoms with Gasteiger partial charge in [-0.25, -0.2) is 9.59 Å². The molecule has 0 aliphatic rings. The van der Waals surface area contributed by atoms with Gasteiger partial charge in [0.2, 0.25) is 0 Å². The fourth-order valence-electron chi connectivity index (χ4n) is 4.81. The van der Waals surface area contributed by atoms with Gasteiger partial charge < -0.3 is 40.2 Å². The number of anilines is 2. The van der Waals surface area contributed by atoms with Crippen LogP contribution in [0.1, 0.15) is 41.4 Å². The van der Waals surface area contributed by atoms with Crippen LogP contribution in [-0.4, -0.2) is 46.2 Å². The minimum atomic E-state index is -1.17. The maximum Gasteiger partial charge on any atom is 0.337 e. The molecule has 0 aromatic heterocycles. The molecule has 0 saturated heterocycles. The number of carboxylic acids is 2. The number of carbonyl (C=O) groups is 4. The molecule has 12 nitrogen and oxygen atoms in total. The molecule has 0 atom stereocenters. The lowest BCUT2D eigenvalue weighted by molar-refractivity contribution is 0.0687. The topological polar surface area (TPSA) is 181 Å². The molecule has 0 fully saturated rings. The summed E-state index contributed by atoms with van der Waals surface area (Å²) in [6.45, 7) is 0. The van der Waals surface area contributed by atoms with E-state index >= 15 is 0 Å². The van der Waals surface area contributed by atoms with Gasteiger partial charge in [-0.15, -0.1) is 0 Å². The number of carboxylic acid groups (broad SMARTS) is 2. The smallest absolute Gasteiger partial charge is 0.337 e. The molecule has 2 amide bonds. The molecule has 6 aromatic rings. The number of phenolic OH excluding ortho intramolecular Hbond substituents is 1. The summed E-state index contributed by atoms with van der Waals surface area (Å²) < 4.78 is 16.5. The summed E-state index contributed by atoms with van der Waals surface area (Å²) >= 11 is 0. The van der Waals surface area contributed by atoms with Gasteiger partial charge in [0, 0.05) is 35.4 Å². The second kappa shape index (κ2) is 17.4. The largest absolute Gasteiger partial charge is 0.508 e. The highest BCUT2D eigenvalue weighted by Gasteiger charge is 2.17. The maximum absolute atomic E-state index is 12.4. The van der Waals surface area contributed by atoms with Crippen molar-refractivity contribution in [2.75, 3.05) is 17.7 Å². The summed E-state index contributed by atoms with van der Waals surface area (Å²) in [6, 6.07) is 38.9. The first-order valence-electron chi connectivity index (χ1n) is 15.9. The summed E-state index contributed by atoms with van der Waals surface area (Å²) in [7, 11) is 1.55. The van der Waals surface area contributed by atoms with E-state index in [0.717, 1.165) is 0 Å². The number of benzene rings is 6. The Balaban J connectivity index is 0.000000204. The highest BCUT2D eigenvalue weighted by Crippen LogP contribution is 2.31. The predicted octanol–water partition coefficient (Wildman–Crippen LogP) is 8.57. The fourth-order valence-corrected chi connectivity index (χ4v) is 4.81. The Bertz CT molecular complexity index is 2240. The standard InChI is InChI=1S/C21H17NO5.C20H15NO5/c1-26-15-8-5-9-16(12-15)27-17-10-11-18(21(24)25)19(13-17)22-20(23)14-6-3-2-4-7-14;22-14-7-4-8-15(11-14)26-16-9-10-17(20(24)25)18(12-16)21-19(23)13-5-2-1-3-6-13/h2-13H,1H3,(H,22,23)(H,24,25);1-12,22H,(H,21,23)(H,24,25). The number of methoxy groups -OCH3 is 1. The van der Waals surface area contributed by atoms with E-state index in [9.17, 15) is 34.5 Å². The molecule has 12 heteroatoms. The Hall–Kier alpha value is -7.60. The van der Waals surface area contributed by atoms with Gasteiger partial charge >= 0.3 is 11.9 Å². The maximum atomic E-state index is 12.4. The predicted molar refractivity (Wildman–Crippen MR) is 197 cm³/mol. The zero-order valence-corrected chi connectivity index (χ0v) is 28.1. The number of ether oxygens (including phenoxy) is 3. The van der Waals surface area contributed by atoms with E-state index in [1.54, 1.807) is 104 Å². The zero-order chi connectivity index (χ0) is 37.7. The minimum Gasteiger partial charge on any atom is -0.508 e. The molecule has 0 aliphatic carbocycles. The third-order valence-corrected chi connectivity index (χ3v) is 7.34. The van der Waals surface area contributed by atoms with Crippen LogP contribution in [0.4, 0.5) is 11.4 Å². The number of carbonyl (C=O) groups excluding carboxylic acids is 2. The number of phenols is 1. The molecular formula is C41H32N2O10. The van der Waals surface area contributed by atoms with E-state index in [4.69, 9.17) is 14.2 Å². The number of hydrogen-bond acceptors (Lipinski definition) is 8. The summed E-state index contributed by atoms with van der Waals surface area (Å²) in [6.07, 6.45) is 0. The Morgan fingerprint density at radius 3 is 1.32 bits per heavy atom. The van der Waals surface area contributed by atoms with E-state index < -0.39 is 23.8 Å². The Morgan fingerprint density at radius 1 is 0.472 bits per heavy atom. The van der Waals surface area contributed by atoms with E-state index in [1.165, 1.54) is 48.5 Å². The van der Waals surface area contributed by atoms with Crippen molar-refractivity contribution in [1.82, 2.24) is 0 Å². The number of rotatable bonds is 11. The quantitative estimate of drug-likeness (QED) is 0.0873. The molecule has 5 N–H and O–H groups in total. The van der Waals surface area contributed by atoms with Crippen molar-refractivity contribution < 1.29 is 48.7 Å². The van der Waals surface area contributed by atoms with Crippen LogP contribution in [0.5, 0.6) is 34.5 Å². The monoisotopic (exact) mass is 712 g/mol. The first kappa shape index (κ1) is 36.7. The van der Waals surface area contributed by atoms with Crippen LogP contribution < -0.4 is 24.8 Å². The van der Waals surface area contributed by atoms with E-state index in [2.05, 4.69) is 10.6 Å². The van der Waals surface area contributed by atoms with Crippen LogP contribution in [0.2, 0.25) is 0 Å². The Labute approximate surface area is 303 Å². The van der Waals surface area contributed by atoms with Gasteiger partial charge in [0.25, 0.3) is 11.8 Å². The van der Waals surface area contributed by atoms with Gasteiger partial charge in [-0.05, 0) is 72.8 Å². The SMILES string of the molecule is COc1cccc(Oc2ccc(C(=O)O)c(NC(=O)c3ccccc3)c2)c1.O=C(Nc1cc(Oc2cccc(O)c2)ccc1C(=O)O)c1ccccc1. The molecule has 6 rings (SSSR count). The summed E-state index contributed by atoms with van der Waals surface area (Å²) in [5.74, 6) is -0.857. The molecule has 6 aromatic carbocycles. The normalized spacial score (nSPS) is 10.1. The van der Waals surface area contributed by atoms with Gasteiger partial charge in [0.15, 0.2) is 0 Å². The van der Waals surface area contributed by atoms with Crippen molar-refractivity contribution in [2.24, 2.45) is 0 Å². The molecule has 0 heterocycles. The number of hydrogen-bond donors (Lipinski definition) is 5. The summed E-state index contributed by atoms with van der Waals surface area (Å²) in [5.41, 5.74) is 1.01. The second-order valence-electron chi connectivity index (χ2n) is 11.0. The molecule has 0 bridgehead atoms. The van der Waals surface area contributed by atoms with Crippen molar-refractivity contribution in [3.63, 3.8) is 0 Å². The molecule has 0 aliphatic heterocycles. The van der Waals surface area contributed by atoms with Crippen LogP contribution in [0, 0.1) is 0 Å². The third-order valence-electron chi connectivity index (χ3n) is 7.34. The van der Waals surface area contributed by atoms with Crippen LogP contribution in [0.15, 0.2) is 146 Å². The molecule has 0 unspecified atom stereocenters. The minimum absolute atomic E-state index is 0.0303. The zero-order valence-electron chi connectivity index (χ0n) is 28.1. The van der Waals surface area contributed by atoms with Gasteiger partial charge in [0.05, 0.1) is 29.6 Å². The van der Waals surface area contributed by atoms with Gasteiger partial charge in [-0.2, -0.15) is 0 Å². The van der Waals surface area contributed by atoms with Gasteiger partial charge in [0.1, 0.15) is 34.5 Å². The molecular weight excluding hydrogens is 680 g/mol. The highest BCUT2D eigenvalue weighted by molar-refractivity contribution is 6.08. The average Bonchev–Trinajstić information content (AvgIpc) is 3.16. The Morgan fingerprint density at radius 2 is 0.887 bits per heavy atom. The lowest BCUT2D eigenvalue weighted by atomic mass is 10.1. The Kier molecular flexibility index (Phi) is 12.0. The third kappa shape index (κ3) is 10.2. The number of amides is 2. The molecule has 0 saturated carbocycles. The molecule has 53 heavy (non-hydrogen) atoms. The lowest BCUT2D eigenvalue weighted by Gasteiger charge is -2.12. The van der Waals surface area contributed by atoms with Gasteiger partial charge in [-0.3, -0.25) is 9.59 Å². The van der Waals surface area contributed by atoms with Crippen molar-refractivity contribution in [3.8, 4) is 34.5 Å². The average molecular weight is 713 g/mol. The van der Waals surface area contributed by atoms with Crippen molar-refractivity contribution in [2.45, 2.75) is 0 Å². The number of nitrogens with one attached hydrogen (secondary N) is 2. The first-order chi connectivity index (χ1) is 25.6. The van der Waals surface area contributed by atoms with Crippen LogP contribution in [0.3, 0.4) is 0 Å². The van der Waals surface area contributed by atoms with E-state index in [1.807, 2.05) is 0 Å². The van der Waals surface area contributed by atoms with Crippen LogP contribution >= 0.6 is 0 Å².